The molecule has 0 bridgehead atoms. The molecule has 0 atom stereocenters. The third-order valence-corrected chi connectivity index (χ3v) is 4.30. The van der Waals surface area contributed by atoms with Crippen molar-refractivity contribution in [2.24, 2.45) is 0 Å². The van der Waals surface area contributed by atoms with Gasteiger partial charge >= 0.3 is 0 Å². The molecule has 4 rings (SSSR count). The first kappa shape index (κ1) is 20.0. The van der Waals surface area contributed by atoms with Crippen LogP contribution in [0.5, 0.6) is 0 Å². The summed E-state index contributed by atoms with van der Waals surface area (Å²) < 4.78 is 55.3. The normalized spacial score (nSPS) is 10.7. The third kappa shape index (κ3) is 3.78. The zero-order valence-corrected chi connectivity index (χ0v) is 17.6. The maximum Gasteiger partial charge on any atom is 0.195 e. The minimum atomic E-state index is -1.51. The molecule has 0 aromatic heterocycles. The maximum atomic E-state index is 14.6. The Bertz CT molecular complexity index is 1120. The fourth-order valence-corrected chi connectivity index (χ4v) is 2.98. The van der Waals surface area contributed by atoms with Gasteiger partial charge in [0.25, 0.3) is 0 Å². The molecule has 0 fully saturated rings. The Balaban J connectivity index is 0.00000210. The second kappa shape index (κ2) is 8.07. The quantitative estimate of drug-likeness (QED) is 0.170. The molecule has 0 unspecified atom stereocenters. The molecule has 5 heteroatoms. The Morgan fingerprint density at radius 3 is 2.00 bits per heavy atom. The average Bonchev–Trinajstić information content (AvgIpc) is 2.66. The summed E-state index contributed by atoms with van der Waals surface area (Å²) in [5.41, 5.74) is 2.31. The van der Waals surface area contributed by atoms with Crippen LogP contribution in [0.4, 0.5) is 17.6 Å². The van der Waals surface area contributed by atoms with Gasteiger partial charge in [0.15, 0.2) is 17.5 Å². The van der Waals surface area contributed by atoms with E-state index in [1.54, 1.807) is 24.3 Å². The van der Waals surface area contributed by atoms with E-state index in [0.29, 0.717) is 16.7 Å². The third-order valence-electron chi connectivity index (χ3n) is 4.30. The average molecular weight is 492 g/mol. The minimum Gasteiger partial charge on any atom is -0.206 e. The molecule has 1 radical (unpaired) electrons. The van der Waals surface area contributed by atoms with Gasteiger partial charge in [-0.2, -0.15) is 30.3 Å². The van der Waals surface area contributed by atoms with Crippen molar-refractivity contribution in [3.8, 4) is 22.3 Å². The van der Waals surface area contributed by atoms with Crippen LogP contribution in [0, 0.1) is 70.6 Å². The Morgan fingerprint density at radius 2 is 1.30 bits per heavy atom. The SMILES string of the molecule is Fc1cc(-c2cc[c-]cc2)ccc1-c1ccc2c(F)c(F)c(F)cc2c1.[Pr]. The second-order valence-electron chi connectivity index (χ2n) is 5.91. The van der Waals surface area contributed by atoms with Crippen LogP contribution in [0.1, 0.15) is 0 Å². The van der Waals surface area contributed by atoms with Crippen LogP contribution in [-0.2, 0) is 0 Å². The van der Waals surface area contributed by atoms with Crippen LogP contribution in [0.3, 0.4) is 0 Å². The van der Waals surface area contributed by atoms with Gasteiger partial charge in [-0.05, 0) is 34.7 Å². The van der Waals surface area contributed by atoms with Gasteiger partial charge in [0.2, 0.25) is 0 Å². The number of hydrogen-bond donors (Lipinski definition) is 0. The monoisotopic (exact) mass is 492 g/mol. The van der Waals surface area contributed by atoms with Crippen LogP contribution in [0.15, 0.2) is 66.7 Å². The summed E-state index contributed by atoms with van der Waals surface area (Å²) in [5.74, 6) is -4.49. The number of fused-ring (bicyclic) bond motifs is 1. The predicted octanol–water partition coefficient (Wildman–Crippen LogP) is 6.53. The van der Waals surface area contributed by atoms with E-state index < -0.39 is 23.3 Å². The topological polar surface area (TPSA) is 0 Å². The van der Waals surface area contributed by atoms with E-state index >= 15 is 0 Å². The minimum absolute atomic E-state index is 0. The van der Waals surface area contributed by atoms with Crippen LogP contribution in [0.2, 0.25) is 0 Å². The molecule has 4 aromatic carbocycles. The summed E-state index contributed by atoms with van der Waals surface area (Å²) in [6, 6.07) is 20.0. The van der Waals surface area contributed by atoms with E-state index in [2.05, 4.69) is 6.07 Å². The molecule has 131 valence electrons. The van der Waals surface area contributed by atoms with Crippen molar-refractivity contribution >= 4 is 10.8 Å². The number of benzene rings is 4. The Kier molecular flexibility index (Phi) is 5.97. The largest absolute Gasteiger partial charge is 0.206 e. The van der Waals surface area contributed by atoms with E-state index in [4.69, 9.17) is 0 Å². The van der Waals surface area contributed by atoms with Crippen molar-refractivity contribution < 1.29 is 58.9 Å². The first-order valence-electron chi connectivity index (χ1n) is 7.88. The van der Waals surface area contributed by atoms with E-state index in [0.717, 1.165) is 11.6 Å². The molecule has 0 heterocycles. The van der Waals surface area contributed by atoms with E-state index in [9.17, 15) is 17.6 Å². The van der Waals surface area contributed by atoms with Gasteiger partial charge in [-0.25, -0.2) is 17.6 Å². The molecule has 27 heavy (non-hydrogen) atoms. The zero-order valence-electron chi connectivity index (χ0n) is 13.9. The molecule has 0 N–H and O–H groups in total. The van der Waals surface area contributed by atoms with Crippen molar-refractivity contribution in [1.82, 2.24) is 0 Å². The standard InChI is InChI=1S/C22H11F4.Pr/c23-19-11-14(13-4-2-1-3-5-13)6-8-17(19)15-7-9-18-16(10-15)12-20(24)22(26)21(18)25;/h2-12H;/q-1;. The summed E-state index contributed by atoms with van der Waals surface area (Å²) in [4.78, 5) is 0. The fraction of sp³-hybridized carbons (Fsp3) is 0. The summed E-state index contributed by atoms with van der Waals surface area (Å²) >= 11 is 0. The molecular weight excluding hydrogens is 481 g/mol. The van der Waals surface area contributed by atoms with Gasteiger partial charge in [-0.15, -0.1) is 5.56 Å². The van der Waals surface area contributed by atoms with Gasteiger partial charge in [0.1, 0.15) is 5.82 Å². The molecular formula is C22H11F4Pr-. The first-order chi connectivity index (χ1) is 12.5. The maximum absolute atomic E-state index is 14.6. The number of hydrogen-bond acceptors (Lipinski definition) is 0. The number of rotatable bonds is 2. The summed E-state index contributed by atoms with van der Waals surface area (Å²) in [7, 11) is 0. The van der Waals surface area contributed by atoms with Gasteiger partial charge < -0.3 is 0 Å². The number of halogens is 4. The summed E-state index contributed by atoms with van der Waals surface area (Å²) in [6.45, 7) is 0. The smallest absolute Gasteiger partial charge is 0.195 e. The Morgan fingerprint density at radius 1 is 0.593 bits per heavy atom. The van der Waals surface area contributed by atoms with Crippen molar-refractivity contribution in [3.05, 3.63) is 96.1 Å². The molecule has 0 saturated heterocycles. The molecule has 0 saturated carbocycles. The van der Waals surface area contributed by atoms with Crippen molar-refractivity contribution in [2.45, 2.75) is 0 Å². The van der Waals surface area contributed by atoms with Crippen molar-refractivity contribution in [2.75, 3.05) is 0 Å². The van der Waals surface area contributed by atoms with Crippen LogP contribution < -0.4 is 0 Å². The van der Waals surface area contributed by atoms with Gasteiger partial charge in [-0.3, -0.25) is 0 Å². The molecule has 0 spiro atoms. The molecule has 0 aliphatic carbocycles. The van der Waals surface area contributed by atoms with E-state index in [1.807, 2.05) is 12.1 Å². The molecule has 0 amide bonds. The summed E-state index contributed by atoms with van der Waals surface area (Å²) in [5, 5.41) is 0.117. The van der Waals surface area contributed by atoms with Gasteiger partial charge in [0, 0.05) is 52.2 Å². The fourth-order valence-electron chi connectivity index (χ4n) is 2.98. The first-order valence-corrected chi connectivity index (χ1v) is 7.88. The van der Waals surface area contributed by atoms with E-state index in [-0.39, 0.29) is 52.1 Å². The zero-order chi connectivity index (χ0) is 18.3. The second-order valence-corrected chi connectivity index (χ2v) is 5.91. The van der Waals surface area contributed by atoms with E-state index in [1.165, 1.54) is 24.3 Å². The van der Waals surface area contributed by atoms with Crippen LogP contribution >= 0.6 is 0 Å². The van der Waals surface area contributed by atoms with Gasteiger partial charge in [-0.1, -0.05) is 24.3 Å². The Hall–Kier alpha value is -1.78. The predicted molar refractivity (Wildman–Crippen MR) is 93.5 cm³/mol. The molecule has 0 aliphatic rings. The molecule has 4 aromatic rings. The molecule has 0 aliphatic heterocycles. The van der Waals surface area contributed by atoms with Crippen molar-refractivity contribution in [1.29, 1.82) is 0 Å². The van der Waals surface area contributed by atoms with Crippen LogP contribution in [-0.4, -0.2) is 0 Å². The Labute approximate surface area is 186 Å². The molecule has 0 nitrogen and oxygen atoms in total. The van der Waals surface area contributed by atoms with Crippen LogP contribution in [0.25, 0.3) is 33.0 Å². The van der Waals surface area contributed by atoms with Crippen molar-refractivity contribution in [3.63, 3.8) is 0 Å². The summed E-state index contributed by atoms with van der Waals surface area (Å²) in [6.07, 6.45) is 0. The van der Waals surface area contributed by atoms with Gasteiger partial charge in [0.05, 0.1) is 0 Å².